The topological polar surface area (TPSA) is 32.3 Å². The third-order valence-electron chi connectivity index (χ3n) is 6.11. The zero-order valence-corrected chi connectivity index (χ0v) is 20.7. The fraction of sp³-hybridized carbons (Fsp3) is 0.778. The van der Waals surface area contributed by atoms with E-state index in [4.69, 9.17) is 0 Å². The summed E-state index contributed by atoms with van der Waals surface area (Å²) < 4.78 is 0. The van der Waals surface area contributed by atoms with Gasteiger partial charge < -0.3 is 10.4 Å². The van der Waals surface area contributed by atoms with Gasteiger partial charge in [0, 0.05) is 6.04 Å². The minimum absolute atomic E-state index is 0. The molecule has 0 heterocycles. The quantitative estimate of drug-likeness (QED) is 0.200. The summed E-state index contributed by atoms with van der Waals surface area (Å²) in [4.78, 5) is 0. The molecule has 0 aliphatic carbocycles. The summed E-state index contributed by atoms with van der Waals surface area (Å²) in [7, 11) is 0. The maximum Gasteiger partial charge on any atom is 0.0940 e. The van der Waals surface area contributed by atoms with E-state index in [0.29, 0.717) is 0 Å². The van der Waals surface area contributed by atoms with E-state index in [2.05, 4.69) is 19.2 Å². The fourth-order valence-corrected chi connectivity index (χ4v) is 4.05. The van der Waals surface area contributed by atoms with Gasteiger partial charge in [0.25, 0.3) is 0 Å². The first-order valence-electron chi connectivity index (χ1n) is 12.7. The van der Waals surface area contributed by atoms with Gasteiger partial charge in [-0.2, -0.15) is 0 Å². The van der Waals surface area contributed by atoms with Crippen molar-refractivity contribution in [3.63, 3.8) is 0 Å². The summed E-state index contributed by atoms with van der Waals surface area (Å²) in [6.45, 7) is 5.37. The van der Waals surface area contributed by atoms with Crippen molar-refractivity contribution >= 4 is 12.4 Å². The first-order chi connectivity index (χ1) is 14.3. The van der Waals surface area contributed by atoms with Gasteiger partial charge in [-0.25, -0.2) is 0 Å². The molecule has 176 valence electrons. The minimum Gasteiger partial charge on any atom is -0.387 e. The number of nitrogens with one attached hydrogen (secondary N) is 1. The largest absolute Gasteiger partial charge is 0.387 e. The number of aliphatic hydroxyl groups excluding tert-OH is 1. The van der Waals surface area contributed by atoms with Gasteiger partial charge in [-0.05, 0) is 25.5 Å². The van der Waals surface area contributed by atoms with Gasteiger partial charge in [-0.1, -0.05) is 134 Å². The zero-order valence-electron chi connectivity index (χ0n) is 19.9. The highest BCUT2D eigenvalue weighted by atomic mass is 35.5. The lowest BCUT2D eigenvalue weighted by molar-refractivity contribution is 0.136. The summed E-state index contributed by atoms with van der Waals surface area (Å²) >= 11 is 0. The second-order valence-electron chi connectivity index (χ2n) is 8.90. The van der Waals surface area contributed by atoms with E-state index in [1.807, 2.05) is 30.3 Å². The van der Waals surface area contributed by atoms with Crippen LogP contribution in [0.25, 0.3) is 0 Å². The summed E-state index contributed by atoms with van der Waals surface area (Å²) in [5.74, 6) is 0. The van der Waals surface area contributed by atoms with E-state index >= 15 is 0 Å². The smallest absolute Gasteiger partial charge is 0.0940 e. The van der Waals surface area contributed by atoms with Crippen LogP contribution in [0.5, 0.6) is 0 Å². The number of hydrogen-bond acceptors (Lipinski definition) is 2. The fourth-order valence-electron chi connectivity index (χ4n) is 4.05. The van der Waals surface area contributed by atoms with Gasteiger partial charge in [0.1, 0.15) is 0 Å². The molecular formula is C27H50ClNO. The molecule has 1 aromatic carbocycles. The van der Waals surface area contributed by atoms with Crippen molar-refractivity contribution in [2.24, 2.45) is 0 Å². The van der Waals surface area contributed by atoms with Gasteiger partial charge in [0.05, 0.1) is 6.10 Å². The molecule has 0 saturated heterocycles. The van der Waals surface area contributed by atoms with Crippen LogP contribution in [0, 0.1) is 0 Å². The first kappa shape index (κ1) is 29.4. The average molecular weight is 440 g/mol. The van der Waals surface area contributed by atoms with Crippen molar-refractivity contribution in [1.82, 2.24) is 5.32 Å². The summed E-state index contributed by atoms with van der Waals surface area (Å²) in [6, 6.07) is 10.1. The number of unbranched alkanes of at least 4 members (excludes halogenated alkanes) is 15. The molecule has 2 nitrogen and oxygen atoms in total. The van der Waals surface area contributed by atoms with Crippen molar-refractivity contribution in [1.29, 1.82) is 0 Å². The predicted molar refractivity (Wildman–Crippen MR) is 136 cm³/mol. The average Bonchev–Trinajstić information content (AvgIpc) is 2.75. The van der Waals surface area contributed by atoms with E-state index in [0.717, 1.165) is 12.1 Å². The lowest BCUT2D eigenvalue weighted by Crippen LogP contribution is -2.32. The van der Waals surface area contributed by atoms with Crippen LogP contribution in [-0.2, 0) is 0 Å². The molecule has 2 N–H and O–H groups in total. The van der Waals surface area contributed by atoms with Gasteiger partial charge >= 0.3 is 0 Å². The summed E-state index contributed by atoms with van der Waals surface area (Å²) in [5.41, 5.74) is 1.000. The van der Waals surface area contributed by atoms with Crippen LogP contribution < -0.4 is 5.32 Å². The zero-order chi connectivity index (χ0) is 21.0. The highest BCUT2D eigenvalue weighted by Crippen LogP contribution is 2.16. The third-order valence-corrected chi connectivity index (χ3v) is 6.11. The highest BCUT2D eigenvalue weighted by Gasteiger charge is 2.14. The number of rotatable bonds is 20. The summed E-state index contributed by atoms with van der Waals surface area (Å²) in [6.07, 6.45) is 22.1. The van der Waals surface area contributed by atoms with E-state index < -0.39 is 6.10 Å². The molecule has 0 fully saturated rings. The third kappa shape index (κ3) is 16.2. The van der Waals surface area contributed by atoms with Crippen LogP contribution in [0.4, 0.5) is 0 Å². The second-order valence-corrected chi connectivity index (χ2v) is 8.90. The van der Waals surface area contributed by atoms with Crippen LogP contribution in [0.3, 0.4) is 0 Å². The Morgan fingerprint density at radius 1 is 0.667 bits per heavy atom. The number of hydrogen-bond donors (Lipinski definition) is 2. The van der Waals surface area contributed by atoms with Crippen LogP contribution in [0.15, 0.2) is 30.3 Å². The predicted octanol–water partition coefficient (Wildman–Crippen LogP) is 8.38. The molecule has 30 heavy (non-hydrogen) atoms. The van der Waals surface area contributed by atoms with E-state index in [-0.39, 0.29) is 18.4 Å². The van der Waals surface area contributed by atoms with Crippen molar-refractivity contribution in [3.8, 4) is 0 Å². The number of benzene rings is 1. The van der Waals surface area contributed by atoms with Crippen LogP contribution in [-0.4, -0.2) is 17.7 Å². The molecule has 0 aliphatic rings. The molecule has 0 amide bonds. The van der Waals surface area contributed by atoms with Gasteiger partial charge in [-0.15, -0.1) is 12.4 Å². The van der Waals surface area contributed by atoms with Crippen molar-refractivity contribution in [2.75, 3.05) is 6.54 Å². The van der Waals surface area contributed by atoms with Gasteiger partial charge in [-0.3, -0.25) is 0 Å². The van der Waals surface area contributed by atoms with E-state index in [9.17, 15) is 5.11 Å². The first-order valence-corrected chi connectivity index (χ1v) is 12.7. The molecule has 0 radical (unpaired) electrons. The molecule has 3 heteroatoms. The van der Waals surface area contributed by atoms with Crippen molar-refractivity contribution in [2.45, 2.75) is 129 Å². The Kier molecular flexibility index (Phi) is 21.2. The molecule has 1 aromatic rings. The molecule has 1 rings (SSSR count). The second kappa shape index (κ2) is 21.7. The van der Waals surface area contributed by atoms with E-state index in [1.165, 1.54) is 103 Å². The van der Waals surface area contributed by atoms with Crippen molar-refractivity contribution in [3.05, 3.63) is 35.9 Å². The number of halogens is 1. The van der Waals surface area contributed by atoms with E-state index in [1.54, 1.807) is 0 Å². The lowest BCUT2D eigenvalue weighted by Gasteiger charge is -2.20. The molecule has 2 atom stereocenters. The van der Waals surface area contributed by atoms with Crippen LogP contribution >= 0.6 is 12.4 Å². The molecule has 0 aliphatic heterocycles. The standard InChI is InChI=1S/C27H49NO.ClH/c1-3-4-5-6-7-8-9-10-11-12-13-14-15-16-17-21-24-28-25(2)27(29)26-22-19-18-20-23-26;/h18-20,22-23,25,27-29H,3-17,21,24H2,1-2H3;1H. The van der Waals surface area contributed by atoms with Crippen molar-refractivity contribution < 1.29 is 5.11 Å². The lowest BCUT2D eigenvalue weighted by atomic mass is 10.0. The molecular weight excluding hydrogens is 390 g/mol. The summed E-state index contributed by atoms with van der Waals surface area (Å²) in [5, 5.41) is 13.8. The molecule has 0 spiro atoms. The SMILES string of the molecule is CCCCCCCCCCCCCCCCCCNC(C)C(O)c1ccccc1.Cl. The minimum atomic E-state index is -0.419. The van der Waals surface area contributed by atoms with Gasteiger partial charge in [0.15, 0.2) is 0 Å². The highest BCUT2D eigenvalue weighted by molar-refractivity contribution is 5.85. The Balaban J connectivity index is 0.00000841. The Bertz CT molecular complexity index is 453. The number of aliphatic hydroxyl groups is 1. The Morgan fingerprint density at radius 2 is 1.07 bits per heavy atom. The monoisotopic (exact) mass is 439 g/mol. The van der Waals surface area contributed by atoms with Crippen LogP contribution in [0.2, 0.25) is 0 Å². The molecule has 2 unspecified atom stereocenters. The Morgan fingerprint density at radius 3 is 1.50 bits per heavy atom. The molecule has 0 aromatic heterocycles. The molecule has 0 saturated carbocycles. The maximum atomic E-state index is 10.4. The normalized spacial score (nSPS) is 13.0. The van der Waals surface area contributed by atoms with Crippen LogP contribution in [0.1, 0.15) is 128 Å². The maximum absolute atomic E-state index is 10.4. The molecule has 0 bridgehead atoms. The van der Waals surface area contributed by atoms with Gasteiger partial charge in [0.2, 0.25) is 0 Å². The Hall–Kier alpha value is -0.570. The Labute approximate surface area is 194 Å².